The fraction of sp³-hybridized carbons (Fsp3) is 0.125. The zero-order valence-electron chi connectivity index (χ0n) is 11.0. The van der Waals surface area contributed by atoms with Crippen LogP contribution in [0, 0.1) is 11.3 Å². The van der Waals surface area contributed by atoms with Gasteiger partial charge in [-0.05, 0) is 17.7 Å². The summed E-state index contributed by atoms with van der Waals surface area (Å²) in [4.78, 5) is 2.04. The summed E-state index contributed by atoms with van der Waals surface area (Å²) in [7, 11) is 0. The van der Waals surface area contributed by atoms with E-state index in [-0.39, 0.29) is 0 Å². The number of hydrazone groups is 1. The third-order valence-electron chi connectivity index (χ3n) is 3.13. The molecule has 4 nitrogen and oxygen atoms in total. The summed E-state index contributed by atoms with van der Waals surface area (Å²) in [6.45, 7) is 0.944. The minimum absolute atomic E-state index is 0.309. The Labute approximate surface area is 118 Å². The fourth-order valence-electron chi connectivity index (χ4n) is 2.18. The van der Waals surface area contributed by atoms with Crippen molar-refractivity contribution >= 4 is 11.9 Å². The number of fused-ring (bicyclic) bond motifs is 1. The number of benzene rings is 1. The van der Waals surface area contributed by atoms with Gasteiger partial charge in [0.15, 0.2) is 5.84 Å². The number of hydrogen-bond donors (Lipinski definition) is 0. The highest BCUT2D eigenvalue weighted by Crippen LogP contribution is 2.20. The smallest absolute Gasteiger partial charge is 0.161 e. The number of nitrogens with zero attached hydrogens (tertiary/aromatic N) is 4. The summed E-state index contributed by atoms with van der Waals surface area (Å²) >= 11 is 0. The second-order valence-corrected chi connectivity index (χ2v) is 4.57. The van der Waals surface area contributed by atoms with Gasteiger partial charge in [-0.25, -0.2) is 0 Å². The summed E-state index contributed by atoms with van der Waals surface area (Å²) in [5, 5.41) is 15.0. The molecular weight excluding hydrogens is 248 g/mol. The van der Waals surface area contributed by atoms with Crippen molar-refractivity contribution in [1.82, 2.24) is 9.91 Å². The Morgan fingerprint density at radius 2 is 2.10 bits per heavy atom. The van der Waals surface area contributed by atoms with E-state index in [2.05, 4.69) is 35.5 Å². The quantitative estimate of drug-likeness (QED) is 0.786. The lowest BCUT2D eigenvalue weighted by atomic mass is 10.1. The summed E-state index contributed by atoms with van der Waals surface area (Å²) in [6.07, 6.45) is 10.1. The van der Waals surface area contributed by atoms with Crippen molar-refractivity contribution in [2.75, 3.05) is 13.2 Å². The second-order valence-electron chi connectivity index (χ2n) is 4.57. The lowest BCUT2D eigenvalue weighted by Crippen LogP contribution is -2.28. The first kappa shape index (κ1) is 12.2. The Kier molecular flexibility index (Phi) is 3.34. The van der Waals surface area contributed by atoms with Crippen molar-refractivity contribution < 1.29 is 0 Å². The summed E-state index contributed by atoms with van der Waals surface area (Å²) in [6, 6.07) is 12.3. The average Bonchev–Trinajstić information content (AvgIpc) is 2.89. The third-order valence-corrected chi connectivity index (χ3v) is 3.13. The van der Waals surface area contributed by atoms with Crippen LogP contribution >= 0.6 is 0 Å². The molecule has 0 atom stereocenters. The highest BCUT2D eigenvalue weighted by molar-refractivity contribution is 6.03. The molecule has 3 rings (SSSR count). The molecule has 0 saturated carbocycles. The van der Waals surface area contributed by atoms with E-state index in [1.807, 2.05) is 41.5 Å². The van der Waals surface area contributed by atoms with Gasteiger partial charge in [0, 0.05) is 11.8 Å². The topological polar surface area (TPSA) is 42.6 Å². The monoisotopic (exact) mass is 262 g/mol. The van der Waals surface area contributed by atoms with E-state index in [4.69, 9.17) is 5.26 Å². The minimum Gasteiger partial charge on any atom is -0.311 e. The number of amidine groups is 1. The Balaban J connectivity index is 1.81. The summed E-state index contributed by atoms with van der Waals surface area (Å²) < 4.78 is 0. The Bertz CT molecular complexity index is 647. The van der Waals surface area contributed by atoms with Crippen LogP contribution in [0.25, 0.3) is 6.08 Å². The Morgan fingerprint density at radius 1 is 1.25 bits per heavy atom. The maximum Gasteiger partial charge on any atom is 0.161 e. The van der Waals surface area contributed by atoms with Crippen LogP contribution in [0.15, 0.2) is 65.4 Å². The molecular formula is C16H14N4. The van der Waals surface area contributed by atoms with Crippen LogP contribution in [0.1, 0.15) is 5.56 Å². The van der Waals surface area contributed by atoms with E-state index in [1.54, 1.807) is 5.01 Å². The molecule has 0 amide bonds. The maximum atomic E-state index is 8.75. The first-order chi connectivity index (χ1) is 9.86. The van der Waals surface area contributed by atoms with Gasteiger partial charge in [-0.15, -0.1) is 0 Å². The molecule has 2 aliphatic rings. The van der Waals surface area contributed by atoms with E-state index in [9.17, 15) is 0 Å². The molecule has 0 aliphatic carbocycles. The number of hydrogen-bond acceptors (Lipinski definition) is 4. The highest BCUT2D eigenvalue weighted by Gasteiger charge is 2.24. The van der Waals surface area contributed by atoms with Crippen molar-refractivity contribution in [2.45, 2.75) is 0 Å². The van der Waals surface area contributed by atoms with Crippen molar-refractivity contribution in [3.05, 3.63) is 65.9 Å². The zero-order chi connectivity index (χ0) is 13.8. The van der Waals surface area contributed by atoms with Gasteiger partial charge in [-0.1, -0.05) is 42.5 Å². The molecule has 0 N–H and O–H groups in total. The van der Waals surface area contributed by atoms with Gasteiger partial charge in [0.05, 0.1) is 6.07 Å². The molecule has 0 unspecified atom stereocenters. The van der Waals surface area contributed by atoms with Crippen molar-refractivity contribution in [3.63, 3.8) is 0 Å². The van der Waals surface area contributed by atoms with Crippen molar-refractivity contribution in [1.29, 1.82) is 5.26 Å². The Morgan fingerprint density at radius 3 is 2.90 bits per heavy atom. The van der Waals surface area contributed by atoms with E-state index in [1.165, 1.54) is 0 Å². The van der Waals surface area contributed by atoms with E-state index >= 15 is 0 Å². The minimum atomic E-state index is 0.309. The largest absolute Gasteiger partial charge is 0.311 e. The van der Waals surface area contributed by atoms with Gasteiger partial charge in [0.25, 0.3) is 0 Å². The molecule has 0 spiro atoms. The number of nitriles is 1. The van der Waals surface area contributed by atoms with Crippen LogP contribution < -0.4 is 0 Å². The molecule has 20 heavy (non-hydrogen) atoms. The van der Waals surface area contributed by atoms with Gasteiger partial charge >= 0.3 is 0 Å². The predicted octanol–water partition coefficient (Wildman–Crippen LogP) is 2.57. The highest BCUT2D eigenvalue weighted by atomic mass is 15.6. The van der Waals surface area contributed by atoms with E-state index in [0.29, 0.717) is 13.2 Å². The molecule has 0 aromatic heterocycles. The number of rotatable bonds is 3. The predicted molar refractivity (Wildman–Crippen MR) is 79.2 cm³/mol. The molecule has 2 aliphatic heterocycles. The SMILES string of the molecule is N#CCN1CN2C=CC=C(/C=C/c3ccccc3)C2=N1. The van der Waals surface area contributed by atoms with Crippen molar-refractivity contribution in [2.24, 2.45) is 5.10 Å². The molecule has 0 bridgehead atoms. The lowest BCUT2D eigenvalue weighted by molar-refractivity contribution is 0.291. The molecule has 4 heteroatoms. The number of allylic oxidation sites excluding steroid dienone is 2. The first-order valence-electron chi connectivity index (χ1n) is 6.46. The third kappa shape index (κ3) is 2.47. The van der Waals surface area contributed by atoms with Crippen molar-refractivity contribution in [3.8, 4) is 6.07 Å². The average molecular weight is 262 g/mol. The molecule has 0 fully saturated rings. The summed E-state index contributed by atoms with van der Waals surface area (Å²) in [5.41, 5.74) is 2.21. The van der Waals surface area contributed by atoms with Gasteiger partial charge < -0.3 is 4.90 Å². The molecule has 0 saturated heterocycles. The standard InChI is InChI=1S/C16H14N4/c17-10-12-20-13-19-11-4-7-15(16(19)18-20)9-8-14-5-2-1-3-6-14/h1-9,11H,12-13H2/b9-8+. The maximum absolute atomic E-state index is 8.75. The second kappa shape index (κ2) is 5.45. The van der Waals surface area contributed by atoms with Crippen LogP contribution in [0.3, 0.4) is 0 Å². The van der Waals surface area contributed by atoms with Crippen LogP contribution in [0.5, 0.6) is 0 Å². The van der Waals surface area contributed by atoms with Crippen LogP contribution in [0.2, 0.25) is 0 Å². The molecule has 1 aromatic carbocycles. The molecule has 2 heterocycles. The zero-order valence-corrected chi connectivity index (χ0v) is 11.0. The van der Waals surface area contributed by atoms with Gasteiger partial charge in [-0.3, -0.25) is 5.01 Å². The molecule has 1 aromatic rings. The van der Waals surface area contributed by atoms with Crippen LogP contribution in [0.4, 0.5) is 0 Å². The van der Waals surface area contributed by atoms with E-state index < -0.39 is 0 Å². The summed E-state index contributed by atoms with van der Waals surface area (Å²) in [5.74, 6) is 0.898. The normalized spacial score (nSPS) is 16.9. The van der Waals surface area contributed by atoms with Crippen LogP contribution in [-0.2, 0) is 0 Å². The van der Waals surface area contributed by atoms with Gasteiger partial charge in [0.1, 0.15) is 13.2 Å². The molecule has 98 valence electrons. The van der Waals surface area contributed by atoms with E-state index in [0.717, 1.165) is 17.0 Å². The Hall–Kier alpha value is -2.80. The van der Waals surface area contributed by atoms with Crippen LogP contribution in [-0.4, -0.2) is 29.0 Å². The fourth-order valence-corrected chi connectivity index (χ4v) is 2.18. The van der Waals surface area contributed by atoms with Gasteiger partial charge in [0.2, 0.25) is 0 Å². The first-order valence-corrected chi connectivity index (χ1v) is 6.46. The van der Waals surface area contributed by atoms with Gasteiger partial charge in [-0.2, -0.15) is 10.4 Å². The molecule has 0 radical (unpaired) electrons. The lowest BCUT2D eigenvalue weighted by Gasteiger charge is -2.18.